The van der Waals surface area contributed by atoms with Gasteiger partial charge in [-0.3, -0.25) is 0 Å². The summed E-state index contributed by atoms with van der Waals surface area (Å²) in [6.07, 6.45) is 5.61. The van der Waals surface area contributed by atoms with Gasteiger partial charge in [-0.2, -0.15) is 0 Å². The van der Waals surface area contributed by atoms with Crippen LogP contribution in [-0.2, 0) is 0 Å². The largest absolute Gasteiger partial charge is 0.393 e. The maximum atomic E-state index is 11.1. The Kier molecular flexibility index (Phi) is 6.10. The van der Waals surface area contributed by atoms with Crippen LogP contribution in [0.25, 0.3) is 0 Å². The van der Waals surface area contributed by atoms with Crippen molar-refractivity contribution >= 4 is 0 Å². The standard InChI is InChI=1S/C18H36O2/c1-13(2)15-10-9-14(3)12-18(15,20)11-7-8-16(19)17(4,5)6/h13-16,19-20H,7-12H2,1-6H3/t14-,15+,16?,18+/m1/s1. The van der Waals surface area contributed by atoms with Crippen LogP contribution in [0.5, 0.6) is 0 Å². The van der Waals surface area contributed by atoms with E-state index < -0.39 is 5.60 Å². The van der Waals surface area contributed by atoms with Crippen LogP contribution in [0.15, 0.2) is 0 Å². The predicted molar refractivity (Wildman–Crippen MR) is 85.6 cm³/mol. The van der Waals surface area contributed by atoms with Gasteiger partial charge in [-0.15, -0.1) is 0 Å². The first-order chi connectivity index (χ1) is 9.06. The van der Waals surface area contributed by atoms with Gasteiger partial charge in [-0.25, -0.2) is 0 Å². The van der Waals surface area contributed by atoms with E-state index in [1.165, 1.54) is 6.42 Å². The fourth-order valence-corrected chi connectivity index (χ4v) is 3.87. The summed E-state index contributed by atoms with van der Waals surface area (Å²) in [5.41, 5.74) is -0.566. The van der Waals surface area contributed by atoms with E-state index in [4.69, 9.17) is 0 Å². The van der Waals surface area contributed by atoms with Gasteiger partial charge in [0.2, 0.25) is 0 Å². The zero-order valence-electron chi connectivity index (χ0n) is 14.4. The molecule has 1 aliphatic rings. The van der Waals surface area contributed by atoms with Crippen molar-refractivity contribution < 1.29 is 10.2 Å². The molecule has 0 aliphatic heterocycles. The molecule has 120 valence electrons. The van der Waals surface area contributed by atoms with Crippen LogP contribution in [0.3, 0.4) is 0 Å². The Hall–Kier alpha value is -0.0800. The average Bonchev–Trinajstić information content (AvgIpc) is 2.26. The Labute approximate surface area is 126 Å². The summed E-state index contributed by atoms with van der Waals surface area (Å²) in [5, 5.41) is 21.3. The van der Waals surface area contributed by atoms with Gasteiger partial charge in [0, 0.05) is 0 Å². The van der Waals surface area contributed by atoms with Gasteiger partial charge >= 0.3 is 0 Å². The Morgan fingerprint density at radius 2 is 1.80 bits per heavy atom. The van der Waals surface area contributed by atoms with Gasteiger partial charge in [0.05, 0.1) is 11.7 Å². The lowest BCUT2D eigenvalue weighted by Crippen LogP contribution is -2.45. The minimum absolute atomic E-state index is 0.0556. The van der Waals surface area contributed by atoms with Crippen LogP contribution in [0.4, 0.5) is 0 Å². The molecule has 1 unspecified atom stereocenters. The third-order valence-corrected chi connectivity index (χ3v) is 5.25. The number of hydrogen-bond donors (Lipinski definition) is 2. The fourth-order valence-electron chi connectivity index (χ4n) is 3.87. The molecule has 0 spiro atoms. The molecule has 0 radical (unpaired) electrons. The number of aliphatic hydroxyl groups excluding tert-OH is 1. The third-order valence-electron chi connectivity index (χ3n) is 5.25. The Morgan fingerprint density at radius 1 is 1.20 bits per heavy atom. The molecule has 0 aromatic heterocycles. The van der Waals surface area contributed by atoms with Gasteiger partial charge in [0.15, 0.2) is 0 Å². The van der Waals surface area contributed by atoms with Gasteiger partial charge in [-0.05, 0) is 55.3 Å². The van der Waals surface area contributed by atoms with Crippen molar-refractivity contribution in [3.05, 3.63) is 0 Å². The smallest absolute Gasteiger partial charge is 0.0680 e. The topological polar surface area (TPSA) is 40.5 Å². The summed E-state index contributed by atoms with van der Waals surface area (Å²) in [6.45, 7) is 12.9. The quantitative estimate of drug-likeness (QED) is 0.786. The number of rotatable bonds is 5. The van der Waals surface area contributed by atoms with E-state index in [1.54, 1.807) is 0 Å². The lowest BCUT2D eigenvalue weighted by molar-refractivity contribution is -0.0893. The summed E-state index contributed by atoms with van der Waals surface area (Å²) in [5.74, 6) is 1.59. The predicted octanol–water partition coefficient (Wildman–Crippen LogP) is 4.39. The molecule has 4 atom stereocenters. The van der Waals surface area contributed by atoms with Crippen LogP contribution in [0.1, 0.15) is 80.1 Å². The van der Waals surface area contributed by atoms with E-state index >= 15 is 0 Å². The monoisotopic (exact) mass is 284 g/mol. The summed E-state index contributed by atoms with van der Waals surface area (Å²) in [7, 11) is 0. The summed E-state index contributed by atoms with van der Waals surface area (Å²) < 4.78 is 0. The summed E-state index contributed by atoms with van der Waals surface area (Å²) in [6, 6.07) is 0. The van der Waals surface area contributed by atoms with Crippen LogP contribution in [0.2, 0.25) is 0 Å². The van der Waals surface area contributed by atoms with Crippen molar-refractivity contribution in [3.8, 4) is 0 Å². The maximum absolute atomic E-state index is 11.1. The molecule has 2 nitrogen and oxygen atoms in total. The van der Waals surface area contributed by atoms with Gasteiger partial charge < -0.3 is 10.2 Å². The van der Waals surface area contributed by atoms with E-state index in [1.807, 2.05) is 0 Å². The minimum atomic E-state index is -0.510. The normalized spacial score (nSPS) is 33.5. The van der Waals surface area contributed by atoms with E-state index in [9.17, 15) is 10.2 Å². The molecule has 2 heteroatoms. The second kappa shape index (κ2) is 6.79. The molecule has 1 rings (SSSR count). The number of hydrogen-bond acceptors (Lipinski definition) is 2. The van der Waals surface area contributed by atoms with Crippen molar-refractivity contribution in [2.75, 3.05) is 0 Å². The van der Waals surface area contributed by atoms with Crippen molar-refractivity contribution in [3.63, 3.8) is 0 Å². The summed E-state index contributed by atoms with van der Waals surface area (Å²) >= 11 is 0. The first kappa shape index (κ1) is 18.0. The lowest BCUT2D eigenvalue weighted by atomic mass is 9.65. The highest BCUT2D eigenvalue weighted by Crippen LogP contribution is 2.44. The van der Waals surface area contributed by atoms with Crippen molar-refractivity contribution in [2.45, 2.75) is 91.8 Å². The van der Waals surface area contributed by atoms with E-state index in [0.717, 1.165) is 32.1 Å². The Morgan fingerprint density at radius 3 is 2.30 bits per heavy atom. The molecule has 1 fully saturated rings. The molecule has 0 amide bonds. The average molecular weight is 284 g/mol. The number of aliphatic hydroxyl groups is 2. The molecule has 0 aromatic rings. The molecular weight excluding hydrogens is 248 g/mol. The Bertz CT molecular complexity index is 292. The van der Waals surface area contributed by atoms with E-state index in [2.05, 4.69) is 41.5 Å². The second-order valence-corrected chi connectivity index (χ2v) is 8.61. The van der Waals surface area contributed by atoms with Crippen molar-refractivity contribution in [1.82, 2.24) is 0 Å². The van der Waals surface area contributed by atoms with Gasteiger partial charge in [0.1, 0.15) is 0 Å². The Balaban J connectivity index is 2.57. The molecule has 20 heavy (non-hydrogen) atoms. The van der Waals surface area contributed by atoms with Crippen LogP contribution in [-0.4, -0.2) is 21.9 Å². The second-order valence-electron chi connectivity index (χ2n) is 8.61. The molecule has 0 saturated heterocycles. The van der Waals surface area contributed by atoms with Crippen LogP contribution in [0, 0.1) is 23.2 Å². The minimum Gasteiger partial charge on any atom is -0.393 e. The first-order valence-corrected chi connectivity index (χ1v) is 8.46. The lowest BCUT2D eigenvalue weighted by Gasteiger charge is -2.45. The van der Waals surface area contributed by atoms with Gasteiger partial charge in [-0.1, -0.05) is 48.0 Å². The molecule has 0 heterocycles. The highest BCUT2D eigenvalue weighted by Gasteiger charge is 2.42. The van der Waals surface area contributed by atoms with Crippen molar-refractivity contribution in [1.29, 1.82) is 0 Å². The molecule has 1 saturated carbocycles. The molecule has 1 aliphatic carbocycles. The van der Waals surface area contributed by atoms with Crippen LogP contribution >= 0.6 is 0 Å². The fraction of sp³-hybridized carbons (Fsp3) is 1.00. The maximum Gasteiger partial charge on any atom is 0.0680 e. The highest BCUT2D eigenvalue weighted by molar-refractivity contribution is 4.93. The molecule has 0 bridgehead atoms. The first-order valence-electron chi connectivity index (χ1n) is 8.46. The SMILES string of the molecule is CC(C)[C@@H]1CC[C@@H](C)C[C@@]1(O)CCCC(O)C(C)(C)C. The zero-order valence-corrected chi connectivity index (χ0v) is 14.4. The highest BCUT2D eigenvalue weighted by atomic mass is 16.3. The molecular formula is C18H36O2. The van der Waals surface area contributed by atoms with Crippen LogP contribution < -0.4 is 0 Å². The zero-order chi connectivity index (χ0) is 15.6. The van der Waals surface area contributed by atoms with Crippen molar-refractivity contribution in [2.24, 2.45) is 23.2 Å². The van der Waals surface area contributed by atoms with Gasteiger partial charge in [0.25, 0.3) is 0 Å². The molecule has 2 N–H and O–H groups in total. The van der Waals surface area contributed by atoms with E-state index in [0.29, 0.717) is 17.8 Å². The summed E-state index contributed by atoms with van der Waals surface area (Å²) in [4.78, 5) is 0. The molecule has 0 aromatic carbocycles. The third kappa shape index (κ3) is 4.73. The van der Waals surface area contributed by atoms with E-state index in [-0.39, 0.29) is 11.5 Å².